The molecule has 1 amide bonds. The molecule has 0 aliphatic carbocycles. The van der Waals surface area contributed by atoms with Crippen LogP contribution in [0.4, 0.5) is 4.39 Å². The molecule has 0 aliphatic heterocycles. The van der Waals surface area contributed by atoms with E-state index < -0.39 is 0 Å². The van der Waals surface area contributed by atoms with E-state index in [1.165, 1.54) is 12.1 Å². The molecule has 0 spiro atoms. The highest BCUT2D eigenvalue weighted by Crippen LogP contribution is 2.14. The fourth-order valence-electron chi connectivity index (χ4n) is 1.35. The second-order valence-electron chi connectivity index (χ2n) is 3.42. The van der Waals surface area contributed by atoms with Gasteiger partial charge in [-0.25, -0.2) is 4.39 Å². The first-order chi connectivity index (χ1) is 8.15. The van der Waals surface area contributed by atoms with Gasteiger partial charge in [-0.3, -0.25) is 4.79 Å². The van der Waals surface area contributed by atoms with Gasteiger partial charge in [0.2, 0.25) is 0 Å². The summed E-state index contributed by atoms with van der Waals surface area (Å²) >= 11 is 3.11. The highest BCUT2D eigenvalue weighted by atomic mass is 79.9. The number of amides is 1. The quantitative estimate of drug-likeness (QED) is 0.946. The van der Waals surface area contributed by atoms with E-state index in [2.05, 4.69) is 21.2 Å². The largest absolute Gasteiger partial charge is 0.444 e. The van der Waals surface area contributed by atoms with Crippen LogP contribution in [0.5, 0.6) is 0 Å². The first kappa shape index (κ1) is 11.9. The number of hydrogen-bond acceptors (Lipinski definition) is 2. The average molecular weight is 298 g/mol. The van der Waals surface area contributed by atoms with Gasteiger partial charge < -0.3 is 9.73 Å². The molecule has 2 rings (SSSR count). The van der Waals surface area contributed by atoms with Crippen molar-refractivity contribution in [2.45, 2.75) is 6.54 Å². The van der Waals surface area contributed by atoms with Gasteiger partial charge in [-0.05, 0) is 45.8 Å². The summed E-state index contributed by atoms with van der Waals surface area (Å²) < 4.78 is 18.5. The normalized spacial score (nSPS) is 10.2. The predicted molar refractivity (Wildman–Crippen MR) is 64.0 cm³/mol. The van der Waals surface area contributed by atoms with Crippen molar-refractivity contribution in [2.75, 3.05) is 0 Å². The molecule has 0 fully saturated rings. The Morgan fingerprint density at radius 3 is 2.82 bits per heavy atom. The van der Waals surface area contributed by atoms with Gasteiger partial charge in [0.1, 0.15) is 5.82 Å². The number of rotatable bonds is 3. The van der Waals surface area contributed by atoms with Gasteiger partial charge in [-0.15, -0.1) is 0 Å². The van der Waals surface area contributed by atoms with Gasteiger partial charge in [-0.1, -0.05) is 12.1 Å². The third-order valence-corrected chi connectivity index (χ3v) is 2.57. The molecule has 0 unspecified atom stereocenters. The molecule has 1 N–H and O–H groups in total. The molecule has 0 saturated heterocycles. The summed E-state index contributed by atoms with van der Waals surface area (Å²) in [6.07, 6.45) is 0. The van der Waals surface area contributed by atoms with Crippen molar-refractivity contribution in [2.24, 2.45) is 0 Å². The van der Waals surface area contributed by atoms with Crippen molar-refractivity contribution in [1.82, 2.24) is 5.32 Å². The maximum Gasteiger partial charge on any atom is 0.287 e. The van der Waals surface area contributed by atoms with Crippen molar-refractivity contribution in [3.8, 4) is 0 Å². The first-order valence-corrected chi connectivity index (χ1v) is 5.72. The van der Waals surface area contributed by atoms with E-state index in [-0.39, 0.29) is 24.0 Å². The van der Waals surface area contributed by atoms with Gasteiger partial charge >= 0.3 is 0 Å². The third kappa shape index (κ3) is 3.17. The summed E-state index contributed by atoms with van der Waals surface area (Å²) in [4.78, 5) is 11.6. The van der Waals surface area contributed by atoms with E-state index in [9.17, 15) is 9.18 Å². The minimum absolute atomic E-state index is 0.216. The minimum Gasteiger partial charge on any atom is -0.444 e. The van der Waals surface area contributed by atoms with Crippen molar-refractivity contribution in [3.63, 3.8) is 0 Å². The summed E-state index contributed by atoms with van der Waals surface area (Å²) in [6, 6.07) is 9.26. The molecule has 88 valence electrons. The van der Waals surface area contributed by atoms with Gasteiger partial charge in [0.05, 0.1) is 0 Å². The summed E-state index contributed by atoms with van der Waals surface area (Å²) in [6.45, 7) is 0.259. The van der Waals surface area contributed by atoms with E-state index in [1.807, 2.05) is 0 Å². The SMILES string of the molecule is O=C(NCc1cccc(F)c1)c1ccc(Br)o1. The lowest BCUT2D eigenvalue weighted by Gasteiger charge is -2.03. The summed E-state index contributed by atoms with van der Waals surface area (Å²) in [7, 11) is 0. The molecule has 0 atom stereocenters. The Morgan fingerprint density at radius 1 is 1.35 bits per heavy atom. The zero-order valence-electron chi connectivity index (χ0n) is 8.74. The molecule has 0 radical (unpaired) electrons. The third-order valence-electron chi connectivity index (χ3n) is 2.14. The zero-order valence-corrected chi connectivity index (χ0v) is 10.3. The predicted octanol–water partition coefficient (Wildman–Crippen LogP) is 3.11. The van der Waals surface area contributed by atoms with Crippen molar-refractivity contribution in [3.05, 3.63) is 58.2 Å². The van der Waals surface area contributed by atoms with Crippen LogP contribution in [0.1, 0.15) is 16.1 Å². The maximum atomic E-state index is 12.9. The molecule has 0 bridgehead atoms. The van der Waals surface area contributed by atoms with Crippen LogP contribution < -0.4 is 5.32 Å². The smallest absolute Gasteiger partial charge is 0.287 e. The van der Waals surface area contributed by atoms with Gasteiger partial charge in [-0.2, -0.15) is 0 Å². The highest BCUT2D eigenvalue weighted by Gasteiger charge is 2.09. The van der Waals surface area contributed by atoms with Crippen molar-refractivity contribution < 1.29 is 13.6 Å². The van der Waals surface area contributed by atoms with E-state index in [4.69, 9.17) is 4.42 Å². The second kappa shape index (κ2) is 5.14. The van der Waals surface area contributed by atoms with Gasteiger partial charge in [0.15, 0.2) is 10.4 Å². The summed E-state index contributed by atoms with van der Waals surface area (Å²) in [5.41, 5.74) is 0.698. The number of hydrogen-bond donors (Lipinski definition) is 1. The van der Waals surface area contributed by atoms with Crippen LogP contribution in [-0.2, 0) is 6.54 Å². The molecule has 0 aliphatic rings. The van der Waals surface area contributed by atoms with Crippen LogP contribution in [0.25, 0.3) is 0 Å². The number of carbonyl (C=O) groups excluding carboxylic acids is 1. The van der Waals surface area contributed by atoms with E-state index >= 15 is 0 Å². The van der Waals surface area contributed by atoms with E-state index in [0.717, 1.165) is 0 Å². The van der Waals surface area contributed by atoms with Crippen LogP contribution in [0, 0.1) is 5.82 Å². The number of furan rings is 1. The van der Waals surface area contributed by atoms with Crippen LogP contribution in [0.3, 0.4) is 0 Å². The molecule has 1 aromatic carbocycles. The van der Waals surface area contributed by atoms with Crippen molar-refractivity contribution in [1.29, 1.82) is 0 Å². The highest BCUT2D eigenvalue weighted by molar-refractivity contribution is 9.10. The molecule has 17 heavy (non-hydrogen) atoms. The Morgan fingerprint density at radius 2 is 2.18 bits per heavy atom. The summed E-state index contributed by atoms with van der Waals surface area (Å²) in [5, 5.41) is 2.64. The second-order valence-corrected chi connectivity index (χ2v) is 4.20. The Kier molecular flexibility index (Phi) is 3.58. The number of benzene rings is 1. The lowest BCUT2D eigenvalue weighted by Crippen LogP contribution is -2.22. The van der Waals surface area contributed by atoms with Crippen LogP contribution in [0.2, 0.25) is 0 Å². The number of halogens is 2. The lowest BCUT2D eigenvalue weighted by atomic mass is 10.2. The monoisotopic (exact) mass is 297 g/mol. The summed E-state index contributed by atoms with van der Waals surface area (Å²) in [5.74, 6) is -0.439. The fraction of sp³-hybridized carbons (Fsp3) is 0.0833. The molecular weight excluding hydrogens is 289 g/mol. The van der Waals surface area contributed by atoms with Crippen LogP contribution in [0.15, 0.2) is 45.5 Å². The van der Waals surface area contributed by atoms with Crippen LogP contribution in [-0.4, -0.2) is 5.91 Å². The fourth-order valence-corrected chi connectivity index (χ4v) is 1.66. The molecule has 3 nitrogen and oxygen atoms in total. The molecule has 0 saturated carbocycles. The standard InChI is InChI=1S/C12H9BrFNO2/c13-11-5-4-10(17-11)12(16)15-7-8-2-1-3-9(14)6-8/h1-6H,7H2,(H,15,16). The van der Waals surface area contributed by atoms with Gasteiger partial charge in [0, 0.05) is 6.54 Å². The first-order valence-electron chi connectivity index (χ1n) is 4.93. The van der Waals surface area contributed by atoms with Crippen LogP contribution >= 0.6 is 15.9 Å². The van der Waals surface area contributed by atoms with Crippen molar-refractivity contribution >= 4 is 21.8 Å². The minimum atomic E-state index is -0.333. The number of nitrogens with one attached hydrogen (secondary N) is 1. The Bertz CT molecular complexity index is 539. The Hall–Kier alpha value is -1.62. The lowest BCUT2D eigenvalue weighted by molar-refractivity contribution is 0.0922. The van der Waals surface area contributed by atoms with E-state index in [1.54, 1.807) is 24.3 Å². The number of carbonyl (C=O) groups is 1. The molecule has 5 heteroatoms. The molecule has 1 aromatic heterocycles. The van der Waals surface area contributed by atoms with E-state index in [0.29, 0.717) is 10.2 Å². The molecular formula is C12H9BrFNO2. The topological polar surface area (TPSA) is 42.2 Å². The van der Waals surface area contributed by atoms with Gasteiger partial charge in [0.25, 0.3) is 5.91 Å². The maximum absolute atomic E-state index is 12.9. The zero-order chi connectivity index (χ0) is 12.3. The average Bonchev–Trinajstić information content (AvgIpc) is 2.73. The molecule has 1 heterocycles. The Labute approximate surface area is 106 Å². The Balaban J connectivity index is 1.97. The molecule has 2 aromatic rings.